The first kappa shape index (κ1) is 18.1. The molecule has 140 valence electrons. The molecule has 2 aliphatic rings. The van der Waals surface area contributed by atoms with Crippen LogP contribution >= 0.6 is 0 Å². The first-order valence-corrected chi connectivity index (χ1v) is 7.74. The van der Waals surface area contributed by atoms with Gasteiger partial charge in [-0.3, -0.25) is 4.79 Å². The number of benzene rings is 1. The molecule has 0 aliphatic carbocycles. The molecule has 0 amide bonds. The van der Waals surface area contributed by atoms with E-state index in [1.165, 1.54) is 20.3 Å². The summed E-state index contributed by atoms with van der Waals surface area (Å²) in [6.45, 7) is 0. The second-order valence-corrected chi connectivity index (χ2v) is 6.11. The highest BCUT2D eigenvalue weighted by molar-refractivity contribution is 6.17. The molecular formula is C17H16F3NO5. The number of Topliss-reactive ketones (excluding diaryl/α,β-unsaturated/α-hetero) is 1. The topological polar surface area (TPSA) is 76.1 Å². The lowest BCUT2D eigenvalue weighted by molar-refractivity contribution is -0.186. The summed E-state index contributed by atoms with van der Waals surface area (Å²) in [6.07, 6.45) is -4.51. The molecule has 0 saturated carbocycles. The number of rotatable bonds is 3. The molecule has 1 aromatic carbocycles. The van der Waals surface area contributed by atoms with Gasteiger partial charge in [0.05, 0.1) is 20.3 Å². The number of hydrogen-bond acceptors (Lipinski definition) is 5. The first-order chi connectivity index (χ1) is 12.2. The fraction of sp³-hybridized carbons (Fsp3) is 0.412. The molecule has 3 rings (SSSR count). The third-order valence-electron chi connectivity index (χ3n) is 4.70. The number of alkyl halides is 3. The minimum Gasteiger partial charge on any atom is -0.493 e. The maximum absolute atomic E-state index is 13.6. The highest BCUT2D eigenvalue weighted by Gasteiger charge is 2.50. The summed E-state index contributed by atoms with van der Waals surface area (Å²) in [5, 5.41) is 9.10. The SMILES string of the molecule is COc1cc2c(cc1OC)C1CC(=O)C(C(=O)O)=CN1C(C(F)(F)F)C2. The number of carbonyl (C=O) groups is 2. The Balaban J connectivity index is 2.18. The van der Waals surface area contributed by atoms with Crippen molar-refractivity contribution in [2.75, 3.05) is 14.2 Å². The number of ether oxygens (including phenoxy) is 2. The van der Waals surface area contributed by atoms with Gasteiger partial charge in [0, 0.05) is 19.0 Å². The molecule has 2 atom stereocenters. The quantitative estimate of drug-likeness (QED) is 0.823. The van der Waals surface area contributed by atoms with Crippen LogP contribution in [0.15, 0.2) is 23.9 Å². The number of ketones is 1. The van der Waals surface area contributed by atoms with E-state index in [0.717, 1.165) is 11.1 Å². The van der Waals surface area contributed by atoms with Crippen molar-refractivity contribution in [2.24, 2.45) is 0 Å². The molecule has 2 unspecified atom stereocenters. The number of fused-ring (bicyclic) bond motifs is 3. The lowest BCUT2D eigenvalue weighted by Crippen LogP contribution is -2.51. The predicted molar refractivity (Wildman–Crippen MR) is 83.0 cm³/mol. The average molecular weight is 371 g/mol. The number of carboxylic acid groups (broad SMARTS) is 1. The van der Waals surface area contributed by atoms with E-state index in [9.17, 15) is 22.8 Å². The fourth-order valence-electron chi connectivity index (χ4n) is 3.48. The van der Waals surface area contributed by atoms with Crippen molar-refractivity contribution < 1.29 is 37.3 Å². The first-order valence-electron chi connectivity index (χ1n) is 7.74. The van der Waals surface area contributed by atoms with Gasteiger partial charge >= 0.3 is 12.1 Å². The summed E-state index contributed by atoms with van der Waals surface area (Å²) in [4.78, 5) is 24.2. The molecule has 0 aromatic heterocycles. The van der Waals surface area contributed by atoms with Crippen molar-refractivity contribution in [3.63, 3.8) is 0 Å². The van der Waals surface area contributed by atoms with Crippen LogP contribution in [0.2, 0.25) is 0 Å². The van der Waals surface area contributed by atoms with Gasteiger partial charge in [-0.25, -0.2) is 4.79 Å². The zero-order valence-corrected chi connectivity index (χ0v) is 14.0. The van der Waals surface area contributed by atoms with Gasteiger partial charge in [0.2, 0.25) is 0 Å². The molecule has 0 radical (unpaired) electrons. The minimum atomic E-state index is -4.59. The van der Waals surface area contributed by atoms with Gasteiger partial charge in [0.1, 0.15) is 11.6 Å². The zero-order valence-electron chi connectivity index (χ0n) is 14.0. The molecule has 1 N–H and O–H groups in total. The predicted octanol–water partition coefficient (Wildman–Crippen LogP) is 2.48. The largest absolute Gasteiger partial charge is 0.493 e. The Hall–Kier alpha value is -2.71. The molecule has 0 saturated heterocycles. The smallest absolute Gasteiger partial charge is 0.409 e. The molecule has 2 heterocycles. The summed E-state index contributed by atoms with van der Waals surface area (Å²) in [6, 6.07) is 0.178. The van der Waals surface area contributed by atoms with Crippen molar-refractivity contribution in [1.82, 2.24) is 4.90 Å². The summed E-state index contributed by atoms with van der Waals surface area (Å²) in [5.74, 6) is -1.61. The zero-order chi connectivity index (χ0) is 19.2. The third-order valence-corrected chi connectivity index (χ3v) is 4.70. The third kappa shape index (κ3) is 2.87. The normalized spacial score (nSPS) is 22.3. The molecule has 0 fully saturated rings. The summed E-state index contributed by atoms with van der Waals surface area (Å²) in [5.41, 5.74) is 0.253. The number of aliphatic carboxylic acids is 1. The van der Waals surface area contributed by atoms with Gasteiger partial charge in [-0.15, -0.1) is 0 Å². The van der Waals surface area contributed by atoms with E-state index >= 15 is 0 Å². The van der Waals surface area contributed by atoms with Crippen LogP contribution in [0.4, 0.5) is 13.2 Å². The maximum atomic E-state index is 13.6. The maximum Gasteiger partial charge on any atom is 0.409 e. The number of carboxylic acids is 1. The van der Waals surface area contributed by atoms with Crippen molar-refractivity contribution in [3.8, 4) is 11.5 Å². The molecule has 6 nitrogen and oxygen atoms in total. The monoisotopic (exact) mass is 371 g/mol. The van der Waals surface area contributed by atoms with Gasteiger partial charge in [-0.1, -0.05) is 0 Å². The van der Waals surface area contributed by atoms with Gasteiger partial charge < -0.3 is 19.5 Å². The molecule has 2 aliphatic heterocycles. The summed E-state index contributed by atoms with van der Waals surface area (Å²) >= 11 is 0. The van der Waals surface area contributed by atoms with Crippen molar-refractivity contribution in [3.05, 3.63) is 35.0 Å². The van der Waals surface area contributed by atoms with E-state index in [2.05, 4.69) is 0 Å². The number of nitrogens with zero attached hydrogens (tertiary/aromatic N) is 1. The van der Waals surface area contributed by atoms with Gasteiger partial charge in [0.25, 0.3) is 0 Å². The molecule has 0 spiro atoms. The van der Waals surface area contributed by atoms with Crippen LogP contribution in [-0.2, 0) is 16.0 Å². The second kappa shape index (κ2) is 6.22. The van der Waals surface area contributed by atoms with Crippen LogP contribution in [-0.4, -0.2) is 48.2 Å². The van der Waals surface area contributed by atoms with Crippen LogP contribution in [0.5, 0.6) is 11.5 Å². The van der Waals surface area contributed by atoms with E-state index in [0.29, 0.717) is 22.6 Å². The number of halogens is 3. The number of carbonyl (C=O) groups excluding carboxylic acids is 1. The molecule has 1 aromatic rings. The molecule has 26 heavy (non-hydrogen) atoms. The van der Waals surface area contributed by atoms with Crippen LogP contribution < -0.4 is 9.47 Å². The summed E-state index contributed by atoms with van der Waals surface area (Å²) < 4.78 is 51.2. The van der Waals surface area contributed by atoms with E-state index in [4.69, 9.17) is 14.6 Å². The number of hydrogen-bond donors (Lipinski definition) is 1. The Morgan fingerprint density at radius 3 is 2.35 bits per heavy atom. The van der Waals surface area contributed by atoms with E-state index < -0.39 is 35.6 Å². The van der Waals surface area contributed by atoms with Crippen LogP contribution in [0.1, 0.15) is 23.6 Å². The Morgan fingerprint density at radius 1 is 1.19 bits per heavy atom. The highest BCUT2D eigenvalue weighted by Crippen LogP contribution is 2.46. The van der Waals surface area contributed by atoms with Crippen LogP contribution in [0.25, 0.3) is 0 Å². The highest BCUT2D eigenvalue weighted by atomic mass is 19.4. The minimum absolute atomic E-state index is 0.296. The number of methoxy groups -OCH3 is 2. The van der Waals surface area contributed by atoms with Crippen molar-refractivity contribution >= 4 is 11.8 Å². The Bertz CT molecular complexity index is 802. The molecule has 9 heteroatoms. The van der Waals surface area contributed by atoms with Crippen LogP contribution in [0.3, 0.4) is 0 Å². The molecule has 0 bridgehead atoms. The lowest BCUT2D eigenvalue weighted by Gasteiger charge is -2.45. The lowest BCUT2D eigenvalue weighted by atomic mass is 9.82. The Labute approximate surface area is 146 Å². The van der Waals surface area contributed by atoms with Crippen molar-refractivity contribution in [1.29, 1.82) is 0 Å². The van der Waals surface area contributed by atoms with Crippen LogP contribution in [0, 0.1) is 0 Å². The fourth-order valence-corrected chi connectivity index (χ4v) is 3.48. The van der Waals surface area contributed by atoms with Gasteiger partial charge in [-0.05, 0) is 23.3 Å². The summed E-state index contributed by atoms with van der Waals surface area (Å²) in [7, 11) is 2.78. The van der Waals surface area contributed by atoms with E-state index in [1.807, 2.05) is 0 Å². The van der Waals surface area contributed by atoms with Gasteiger partial charge in [0.15, 0.2) is 17.3 Å². The Morgan fingerprint density at radius 2 is 1.81 bits per heavy atom. The Kier molecular flexibility index (Phi) is 4.33. The standard InChI is InChI=1S/C17H16F3NO5/c1-25-13-3-8-4-15(17(18,19)20)21-7-10(16(23)24)12(22)6-11(21)9(8)5-14(13)26-2/h3,5,7,11,15H,4,6H2,1-2H3,(H,23,24). The van der Waals surface area contributed by atoms with Crippen molar-refractivity contribution in [2.45, 2.75) is 31.1 Å². The van der Waals surface area contributed by atoms with E-state index in [1.54, 1.807) is 6.07 Å². The van der Waals surface area contributed by atoms with Gasteiger partial charge in [-0.2, -0.15) is 13.2 Å². The average Bonchev–Trinajstić information content (AvgIpc) is 2.58. The van der Waals surface area contributed by atoms with E-state index in [-0.39, 0.29) is 12.8 Å². The second-order valence-electron chi connectivity index (χ2n) is 6.11. The molecular weight excluding hydrogens is 355 g/mol.